The molecular weight excluding hydrogens is 663 g/mol. The number of hydrogen-bond acceptors (Lipinski definition) is 5. The molecule has 0 unspecified atom stereocenters. The summed E-state index contributed by atoms with van der Waals surface area (Å²) >= 11 is 0. The number of allylic oxidation sites excluding steroid dienone is 4. The van der Waals surface area contributed by atoms with Gasteiger partial charge in [-0.25, -0.2) is 15.0 Å². The summed E-state index contributed by atoms with van der Waals surface area (Å²) in [5.41, 5.74) is 11.0. The second-order valence-electron chi connectivity index (χ2n) is 13.8. The van der Waals surface area contributed by atoms with Crippen LogP contribution in [0.1, 0.15) is 18.4 Å². The number of fused-ring (bicyclic) bond motifs is 7. The van der Waals surface area contributed by atoms with Gasteiger partial charge in [0.05, 0.1) is 0 Å². The van der Waals surface area contributed by atoms with Gasteiger partial charge in [-0.2, -0.15) is 0 Å². The molecule has 0 N–H and O–H groups in total. The molecule has 7 aromatic carbocycles. The molecule has 5 nitrogen and oxygen atoms in total. The van der Waals surface area contributed by atoms with Gasteiger partial charge in [0.2, 0.25) is 0 Å². The standard InChI is InChI=1S/C49H31N3O2/c1-3-13-30(14-4-1)32-25-28-42-40(29-32)45-36(20-11-23-43(45)54-42)35-26-27-37(34-18-8-7-17-33(34)35)48-50-47(31-15-5-2-6-16-31)51-49(52-48)39-21-12-24-44-46(39)38-19-9-10-22-41(38)53-44/h1-3,5-13,15-29H,4,14H2. The van der Waals surface area contributed by atoms with Crippen LogP contribution in [0.15, 0.2) is 173 Å². The average Bonchev–Trinajstić information content (AvgIpc) is 3.82. The lowest BCUT2D eigenvalue weighted by atomic mass is 9.91. The smallest absolute Gasteiger partial charge is 0.164 e. The van der Waals surface area contributed by atoms with Crippen molar-refractivity contribution in [3.05, 3.63) is 169 Å². The van der Waals surface area contributed by atoms with Crippen LogP contribution in [0, 0.1) is 0 Å². The maximum atomic E-state index is 6.46. The van der Waals surface area contributed by atoms with Gasteiger partial charge in [0, 0.05) is 38.2 Å². The lowest BCUT2D eigenvalue weighted by Crippen LogP contribution is -2.01. The Bertz CT molecular complexity index is 3170. The van der Waals surface area contributed by atoms with Crippen molar-refractivity contribution in [1.82, 2.24) is 15.0 Å². The lowest BCUT2D eigenvalue weighted by molar-refractivity contribution is 0.668. The quantitative estimate of drug-likeness (QED) is 0.179. The van der Waals surface area contributed by atoms with Gasteiger partial charge < -0.3 is 8.83 Å². The predicted molar refractivity (Wildman–Crippen MR) is 220 cm³/mol. The van der Waals surface area contributed by atoms with Gasteiger partial charge in [-0.3, -0.25) is 0 Å². The SMILES string of the molecule is C1=CCCC(c2ccc3oc4cccc(-c5ccc(-c6nc(-c7ccccc7)nc(-c7cccc8oc9ccccc9c78)n6)c6ccccc56)c4c3c2)=C1. The lowest BCUT2D eigenvalue weighted by Gasteiger charge is -2.14. The second-order valence-corrected chi connectivity index (χ2v) is 13.8. The number of benzene rings is 7. The second kappa shape index (κ2) is 12.2. The molecule has 0 saturated carbocycles. The van der Waals surface area contributed by atoms with Crippen molar-refractivity contribution in [2.45, 2.75) is 12.8 Å². The monoisotopic (exact) mass is 693 g/mol. The van der Waals surface area contributed by atoms with Crippen molar-refractivity contribution in [2.24, 2.45) is 0 Å². The molecule has 254 valence electrons. The van der Waals surface area contributed by atoms with Crippen LogP contribution in [0.2, 0.25) is 0 Å². The highest BCUT2D eigenvalue weighted by atomic mass is 16.3. The van der Waals surface area contributed by atoms with Crippen LogP contribution in [0.25, 0.3) is 106 Å². The number of nitrogens with zero attached hydrogens (tertiary/aromatic N) is 3. The molecular formula is C49H31N3O2. The summed E-state index contributed by atoms with van der Waals surface area (Å²) in [6.45, 7) is 0. The van der Waals surface area contributed by atoms with Gasteiger partial charge >= 0.3 is 0 Å². The van der Waals surface area contributed by atoms with Crippen LogP contribution < -0.4 is 0 Å². The van der Waals surface area contributed by atoms with E-state index in [9.17, 15) is 0 Å². The van der Waals surface area contributed by atoms with Gasteiger partial charge in [-0.05, 0) is 82.3 Å². The largest absolute Gasteiger partial charge is 0.456 e. The van der Waals surface area contributed by atoms with Crippen LogP contribution in [0.3, 0.4) is 0 Å². The number of para-hydroxylation sites is 1. The van der Waals surface area contributed by atoms with Gasteiger partial charge in [0.1, 0.15) is 22.3 Å². The maximum absolute atomic E-state index is 6.46. The first-order chi connectivity index (χ1) is 26.8. The number of hydrogen-bond donors (Lipinski definition) is 0. The van der Waals surface area contributed by atoms with Gasteiger partial charge in [0.25, 0.3) is 0 Å². The fourth-order valence-corrected chi connectivity index (χ4v) is 8.12. The van der Waals surface area contributed by atoms with Gasteiger partial charge in [-0.1, -0.05) is 127 Å². The number of aromatic nitrogens is 3. The van der Waals surface area contributed by atoms with E-state index < -0.39 is 0 Å². The molecule has 0 radical (unpaired) electrons. The summed E-state index contributed by atoms with van der Waals surface area (Å²) in [6.07, 6.45) is 8.71. The molecule has 0 saturated heterocycles. The highest BCUT2D eigenvalue weighted by Crippen LogP contribution is 2.43. The molecule has 1 aliphatic carbocycles. The third-order valence-electron chi connectivity index (χ3n) is 10.6. The molecule has 5 heteroatoms. The summed E-state index contributed by atoms with van der Waals surface area (Å²) < 4.78 is 12.7. The highest BCUT2D eigenvalue weighted by Gasteiger charge is 2.21. The summed E-state index contributed by atoms with van der Waals surface area (Å²) in [6, 6.07) is 50.2. The minimum atomic E-state index is 0.596. The highest BCUT2D eigenvalue weighted by molar-refractivity contribution is 6.17. The Morgan fingerprint density at radius 3 is 1.80 bits per heavy atom. The van der Waals surface area contributed by atoms with E-state index in [1.54, 1.807) is 0 Å². The fourth-order valence-electron chi connectivity index (χ4n) is 8.12. The average molecular weight is 694 g/mol. The van der Waals surface area contributed by atoms with Crippen LogP contribution in [0.5, 0.6) is 0 Å². The van der Waals surface area contributed by atoms with E-state index in [2.05, 4.69) is 103 Å². The summed E-state index contributed by atoms with van der Waals surface area (Å²) in [4.78, 5) is 15.5. The van der Waals surface area contributed by atoms with Gasteiger partial charge in [0.15, 0.2) is 17.5 Å². The molecule has 1 aliphatic rings. The Kier molecular flexibility index (Phi) is 6.92. The fraction of sp³-hybridized carbons (Fsp3) is 0.0408. The summed E-state index contributed by atoms with van der Waals surface area (Å²) in [5.74, 6) is 1.82. The van der Waals surface area contributed by atoms with Crippen LogP contribution in [-0.2, 0) is 0 Å². The molecule has 3 heterocycles. The number of furan rings is 2. The maximum Gasteiger partial charge on any atom is 0.164 e. The third kappa shape index (κ3) is 4.90. The Hall–Kier alpha value is -7.11. The third-order valence-corrected chi connectivity index (χ3v) is 10.6. The van der Waals surface area contributed by atoms with E-state index in [1.165, 1.54) is 11.1 Å². The molecule has 0 fully saturated rings. The molecule has 0 aliphatic heterocycles. The molecule has 0 atom stereocenters. The molecule has 54 heavy (non-hydrogen) atoms. The summed E-state index contributed by atoms with van der Waals surface area (Å²) in [5, 5.41) is 6.43. The minimum absolute atomic E-state index is 0.596. The van der Waals surface area contributed by atoms with Crippen molar-refractivity contribution in [3.63, 3.8) is 0 Å². The summed E-state index contributed by atoms with van der Waals surface area (Å²) in [7, 11) is 0. The molecule has 11 rings (SSSR count). The first-order valence-electron chi connectivity index (χ1n) is 18.3. The molecule has 10 aromatic rings. The van der Waals surface area contributed by atoms with Crippen molar-refractivity contribution in [1.29, 1.82) is 0 Å². The van der Waals surface area contributed by atoms with Crippen molar-refractivity contribution >= 4 is 60.2 Å². The van der Waals surface area contributed by atoms with Crippen LogP contribution in [-0.4, -0.2) is 15.0 Å². The molecule has 0 amide bonds. The zero-order valence-electron chi connectivity index (χ0n) is 29.2. The molecule has 0 spiro atoms. The van der Waals surface area contributed by atoms with Crippen LogP contribution in [0.4, 0.5) is 0 Å². The van der Waals surface area contributed by atoms with E-state index in [0.29, 0.717) is 17.5 Å². The predicted octanol–water partition coefficient (Wildman–Crippen LogP) is 13.2. The van der Waals surface area contributed by atoms with Crippen molar-refractivity contribution < 1.29 is 8.83 Å². The molecule has 3 aromatic heterocycles. The Labute approximate surface area is 310 Å². The zero-order chi connectivity index (χ0) is 35.6. The zero-order valence-corrected chi connectivity index (χ0v) is 29.2. The van der Waals surface area contributed by atoms with E-state index >= 15 is 0 Å². The number of rotatable bonds is 5. The topological polar surface area (TPSA) is 65.0 Å². The minimum Gasteiger partial charge on any atom is -0.456 e. The Morgan fingerprint density at radius 2 is 1.02 bits per heavy atom. The van der Waals surface area contributed by atoms with Crippen molar-refractivity contribution in [2.75, 3.05) is 0 Å². The first kappa shape index (κ1) is 30.5. The first-order valence-corrected chi connectivity index (χ1v) is 18.3. The van der Waals surface area contributed by atoms with E-state index in [0.717, 1.165) is 95.3 Å². The van der Waals surface area contributed by atoms with E-state index in [-0.39, 0.29) is 0 Å². The Morgan fingerprint density at radius 1 is 0.407 bits per heavy atom. The molecule has 0 bridgehead atoms. The van der Waals surface area contributed by atoms with Crippen LogP contribution >= 0.6 is 0 Å². The van der Waals surface area contributed by atoms with E-state index in [1.807, 2.05) is 60.7 Å². The normalized spacial score (nSPS) is 13.1. The van der Waals surface area contributed by atoms with E-state index in [4.69, 9.17) is 23.8 Å². The van der Waals surface area contributed by atoms with Crippen molar-refractivity contribution in [3.8, 4) is 45.3 Å². The Balaban J connectivity index is 1.13. The van der Waals surface area contributed by atoms with Gasteiger partial charge in [-0.15, -0.1) is 0 Å².